The molecule has 3 heterocycles. The van der Waals surface area contributed by atoms with E-state index in [1.807, 2.05) is 60.7 Å². The molecule has 0 radical (unpaired) electrons. The molecule has 0 aliphatic rings. The van der Waals surface area contributed by atoms with Crippen molar-refractivity contribution in [3.05, 3.63) is 194 Å². The highest BCUT2D eigenvalue weighted by atomic mass is 16.3. The van der Waals surface area contributed by atoms with Gasteiger partial charge in [0.15, 0.2) is 17.5 Å². The van der Waals surface area contributed by atoms with E-state index in [0.717, 1.165) is 12.1 Å². The Hall–Kier alpha value is -7.63. The third-order valence-electron chi connectivity index (χ3n) is 9.40. The Morgan fingerprint density at radius 1 is 0.429 bits per heavy atom. The summed E-state index contributed by atoms with van der Waals surface area (Å²) in [7, 11) is 0. The van der Waals surface area contributed by atoms with Crippen LogP contribution < -0.4 is 0 Å². The van der Waals surface area contributed by atoms with Crippen molar-refractivity contribution < 1.29 is 27.7 Å². The lowest BCUT2D eigenvalue weighted by Gasteiger charge is -2.16. The first-order valence-electron chi connectivity index (χ1n) is 25.9. The number of fused-ring (bicyclic) bond motifs is 6. The van der Waals surface area contributed by atoms with E-state index in [1.165, 1.54) is 16.7 Å². The molecule has 0 amide bonds. The summed E-state index contributed by atoms with van der Waals surface area (Å²) in [5.41, 5.74) is -0.660. The second-order valence-electron chi connectivity index (χ2n) is 12.7. The maximum atomic E-state index is 9.73. The van der Waals surface area contributed by atoms with Gasteiger partial charge >= 0.3 is 0 Å². The van der Waals surface area contributed by atoms with Crippen LogP contribution in [-0.2, 0) is 0 Å². The zero-order valence-electron chi connectivity index (χ0n) is 45.9. The van der Waals surface area contributed by atoms with Crippen LogP contribution in [0.15, 0.2) is 198 Å². The highest BCUT2D eigenvalue weighted by Gasteiger charge is 2.21. The van der Waals surface area contributed by atoms with Gasteiger partial charge in [0.2, 0.25) is 0 Å². The number of benzene rings is 8. The lowest BCUT2D eigenvalue weighted by molar-refractivity contribution is 0.670. The van der Waals surface area contributed by atoms with Gasteiger partial charge in [-0.25, -0.2) is 15.0 Å². The van der Waals surface area contributed by atoms with Crippen LogP contribution in [0.1, 0.15) is 23.3 Å². The number of nitrogens with zero attached hydrogens (tertiary/aromatic N) is 4. The maximum Gasteiger partial charge on any atom is 0.164 e. The number of para-hydroxylation sites is 3. The Kier molecular flexibility index (Phi) is 4.45. The minimum atomic E-state index is -0.758. The summed E-state index contributed by atoms with van der Waals surface area (Å²) in [5, 5.41) is -0.785. The normalized spacial score (nSPS) is 15.8. The fraction of sp³-hybridized carbons (Fsp3) is 0. The van der Waals surface area contributed by atoms with E-state index < -0.39 is 102 Å². The molecule has 0 atom stereocenters. The molecule has 0 unspecified atom stereocenters. The number of hydrogen-bond donors (Lipinski definition) is 0. The Balaban J connectivity index is 1.33. The van der Waals surface area contributed by atoms with E-state index in [0.29, 0.717) is 11.1 Å². The van der Waals surface area contributed by atoms with Gasteiger partial charge in [0.1, 0.15) is 11.2 Å². The predicted octanol–water partition coefficient (Wildman–Crippen LogP) is 13.2. The van der Waals surface area contributed by atoms with Crippen molar-refractivity contribution in [1.29, 1.82) is 0 Å². The molecule has 0 saturated heterocycles. The van der Waals surface area contributed by atoms with Gasteiger partial charge in [0.25, 0.3) is 0 Å². The molecule has 0 spiro atoms. The van der Waals surface area contributed by atoms with Crippen LogP contribution in [0.25, 0.3) is 106 Å². The third-order valence-corrected chi connectivity index (χ3v) is 9.40. The van der Waals surface area contributed by atoms with Crippen LogP contribution in [0.4, 0.5) is 0 Å². The summed E-state index contributed by atoms with van der Waals surface area (Å²) in [6, 6.07) is 15.0. The van der Waals surface area contributed by atoms with Crippen LogP contribution in [0, 0.1) is 0 Å². The van der Waals surface area contributed by atoms with E-state index in [2.05, 4.69) is 0 Å². The van der Waals surface area contributed by atoms with Gasteiger partial charge in [-0.3, -0.25) is 0 Å². The maximum absolute atomic E-state index is 9.73. The van der Waals surface area contributed by atoms with Gasteiger partial charge < -0.3 is 8.98 Å². The quantitative estimate of drug-likeness (QED) is 0.171. The Bertz CT molecular complexity index is 4150. The second kappa shape index (κ2) is 13.0. The van der Waals surface area contributed by atoms with Gasteiger partial charge in [-0.15, -0.1) is 0 Å². The lowest BCUT2D eigenvalue weighted by atomic mass is 9.97. The van der Waals surface area contributed by atoms with E-state index in [9.17, 15) is 9.60 Å². The zero-order valence-corrected chi connectivity index (χ0v) is 28.9. The molecule has 56 heavy (non-hydrogen) atoms. The standard InChI is InChI=1S/C51H32N4O/c1-4-15-33(16-5-1)36-27-29-45-42(31-36)38-21-10-12-25-44(38)55(45)46-30-28-37(32-43(46)41-24-14-23-40-39-22-11-13-26-47(39)56-48(40)41)51-53-49(34-17-6-2-7-18-34)52-50(54-51)35-19-8-3-9-20-35/h1-32H/i1D,4D,5D,10D,11D,14D,15D,16D,21D,22D,23D,24D,25D,26D,27D,29D,31D. The molecule has 3 aromatic heterocycles. The molecule has 5 heteroatoms. The summed E-state index contributed by atoms with van der Waals surface area (Å²) in [6.45, 7) is 0. The molecule has 5 nitrogen and oxygen atoms in total. The van der Waals surface area contributed by atoms with Crippen molar-refractivity contribution in [2.24, 2.45) is 0 Å². The average molecular weight is 734 g/mol. The molecular formula is C51H32N4O. The van der Waals surface area contributed by atoms with Crippen molar-refractivity contribution in [3.63, 3.8) is 0 Å². The van der Waals surface area contributed by atoms with Gasteiger partial charge in [0, 0.05) is 49.4 Å². The Morgan fingerprint density at radius 2 is 1.09 bits per heavy atom. The lowest BCUT2D eigenvalue weighted by Crippen LogP contribution is -2.02. The molecule has 0 aliphatic carbocycles. The highest BCUT2D eigenvalue weighted by molar-refractivity contribution is 6.13. The average Bonchev–Trinajstić information content (AvgIpc) is 3.97. The SMILES string of the molecule is [2H]c1cc([2H])c2oc3c(-c4cc(-c5nc(-c6ccccc6)nc(-c6ccccc6)n5)ccc4-n4c5c([2H])cc([2H])c([2H])c5c5c([2H])c(-c6c([2H])c([2H])c([2H])c([2H])c6[2H])c([2H])c([2H])c54)c([2H])c([2H])c([2H])c3c2c1[2H]. The smallest absolute Gasteiger partial charge is 0.164 e. The van der Waals surface area contributed by atoms with E-state index >= 15 is 0 Å². The summed E-state index contributed by atoms with van der Waals surface area (Å²) in [4.78, 5) is 14.6. The summed E-state index contributed by atoms with van der Waals surface area (Å²) in [5.74, 6) is 0.685. The molecule has 11 rings (SSSR count). The first-order chi connectivity index (χ1) is 34.8. The minimum Gasteiger partial charge on any atom is -0.455 e. The van der Waals surface area contributed by atoms with Gasteiger partial charge in [-0.2, -0.15) is 0 Å². The molecule has 8 aromatic carbocycles. The van der Waals surface area contributed by atoms with E-state index in [4.69, 9.17) is 33.1 Å². The minimum absolute atomic E-state index is 0.0244. The number of furan rings is 1. The first-order valence-corrected chi connectivity index (χ1v) is 17.4. The fourth-order valence-electron chi connectivity index (χ4n) is 6.87. The van der Waals surface area contributed by atoms with Crippen molar-refractivity contribution in [1.82, 2.24) is 19.5 Å². The molecular weight excluding hydrogens is 685 g/mol. The summed E-state index contributed by atoms with van der Waals surface area (Å²) >= 11 is 0. The second-order valence-corrected chi connectivity index (χ2v) is 12.7. The Morgan fingerprint density at radius 3 is 1.84 bits per heavy atom. The third kappa shape index (κ3) is 5.29. The largest absolute Gasteiger partial charge is 0.455 e. The summed E-state index contributed by atoms with van der Waals surface area (Å²) in [6.07, 6.45) is 0. The predicted molar refractivity (Wildman–Crippen MR) is 229 cm³/mol. The van der Waals surface area contributed by atoms with Crippen LogP contribution in [0.2, 0.25) is 0 Å². The van der Waals surface area contributed by atoms with E-state index in [1.54, 1.807) is 6.07 Å². The molecule has 11 aromatic rings. The van der Waals surface area contributed by atoms with E-state index in [-0.39, 0.29) is 95.7 Å². The molecule has 0 aliphatic heterocycles. The number of aromatic nitrogens is 4. The zero-order chi connectivity index (χ0) is 51.8. The van der Waals surface area contributed by atoms with Crippen LogP contribution in [0.3, 0.4) is 0 Å². The van der Waals surface area contributed by atoms with Crippen molar-refractivity contribution >= 4 is 43.7 Å². The first kappa shape index (κ1) is 19.1. The molecule has 0 bridgehead atoms. The summed E-state index contributed by atoms with van der Waals surface area (Å²) < 4.78 is 161. The molecule has 0 fully saturated rings. The highest BCUT2D eigenvalue weighted by Crippen LogP contribution is 2.43. The van der Waals surface area contributed by atoms with Gasteiger partial charge in [-0.05, 0) is 53.5 Å². The topological polar surface area (TPSA) is 56.7 Å². The molecule has 262 valence electrons. The van der Waals surface area contributed by atoms with Crippen LogP contribution in [0.5, 0.6) is 0 Å². The van der Waals surface area contributed by atoms with Crippen molar-refractivity contribution in [3.8, 4) is 62.1 Å². The molecule has 0 saturated carbocycles. The van der Waals surface area contributed by atoms with Crippen LogP contribution >= 0.6 is 0 Å². The number of rotatable bonds is 6. The van der Waals surface area contributed by atoms with Gasteiger partial charge in [0.05, 0.1) is 40.0 Å². The van der Waals surface area contributed by atoms with Crippen LogP contribution in [-0.4, -0.2) is 19.5 Å². The van der Waals surface area contributed by atoms with Gasteiger partial charge in [-0.1, -0.05) is 151 Å². The monoisotopic (exact) mass is 733 g/mol. The fourth-order valence-corrected chi connectivity index (χ4v) is 6.87. The Labute approximate surface area is 346 Å². The number of hydrogen-bond acceptors (Lipinski definition) is 4. The van der Waals surface area contributed by atoms with Crippen molar-refractivity contribution in [2.75, 3.05) is 0 Å². The van der Waals surface area contributed by atoms with Crippen molar-refractivity contribution in [2.45, 2.75) is 0 Å². The molecule has 0 N–H and O–H groups in total.